The van der Waals surface area contributed by atoms with Crippen molar-refractivity contribution >= 4 is 0 Å². The van der Waals surface area contributed by atoms with Crippen molar-refractivity contribution in [1.82, 2.24) is 4.98 Å². The van der Waals surface area contributed by atoms with E-state index < -0.39 is 6.10 Å². The van der Waals surface area contributed by atoms with Crippen molar-refractivity contribution < 1.29 is 9.84 Å². The van der Waals surface area contributed by atoms with Crippen LogP contribution >= 0.6 is 0 Å². The minimum Gasteiger partial charge on any atom is -0.387 e. The number of aliphatic hydroxyl groups excluding tert-OH is 1. The molecule has 1 unspecified atom stereocenters. The minimum absolute atomic E-state index is 0.255. The molecule has 1 atom stereocenters. The highest BCUT2D eigenvalue weighted by Crippen LogP contribution is 2.28. The fourth-order valence-corrected chi connectivity index (χ4v) is 2.05. The zero-order valence-electron chi connectivity index (χ0n) is 8.34. The van der Waals surface area contributed by atoms with E-state index >= 15 is 0 Å². The molecule has 4 nitrogen and oxygen atoms in total. The van der Waals surface area contributed by atoms with Crippen LogP contribution in [0.3, 0.4) is 0 Å². The summed E-state index contributed by atoms with van der Waals surface area (Å²) in [7, 11) is 0. The summed E-state index contributed by atoms with van der Waals surface area (Å²) in [5.41, 5.74) is 9.70. The number of nitrogens with two attached hydrogens (primary N) is 1. The molecule has 78 valence electrons. The second-order valence-corrected chi connectivity index (χ2v) is 3.67. The van der Waals surface area contributed by atoms with Crippen molar-refractivity contribution in [3.05, 3.63) is 22.5 Å². The summed E-state index contributed by atoms with van der Waals surface area (Å²) in [5, 5.41) is 9.75. The van der Waals surface area contributed by atoms with Gasteiger partial charge in [-0.15, -0.1) is 0 Å². The highest BCUT2D eigenvalue weighted by molar-refractivity contribution is 5.39. The van der Waals surface area contributed by atoms with Crippen molar-refractivity contribution in [2.24, 2.45) is 5.73 Å². The van der Waals surface area contributed by atoms with E-state index in [0.717, 1.165) is 29.8 Å². The Kier molecular flexibility index (Phi) is 2.58. The molecule has 2 heterocycles. The Balaban J connectivity index is 2.42. The number of ether oxygens (including phenoxy) is 1. The Labute approximate surface area is 83.1 Å². The van der Waals surface area contributed by atoms with Gasteiger partial charge in [-0.2, -0.15) is 0 Å². The van der Waals surface area contributed by atoms with Crippen LogP contribution in [0.2, 0.25) is 0 Å². The van der Waals surface area contributed by atoms with Gasteiger partial charge in [0.1, 0.15) is 0 Å². The summed E-state index contributed by atoms with van der Waals surface area (Å²) in [4.78, 5) is 3.28. The number of aromatic amines is 1. The number of nitrogens with one attached hydrogen (secondary N) is 1. The van der Waals surface area contributed by atoms with Crippen molar-refractivity contribution in [2.45, 2.75) is 26.1 Å². The first-order chi connectivity index (χ1) is 6.74. The molecule has 1 aromatic rings. The fourth-order valence-electron chi connectivity index (χ4n) is 2.05. The smallest absolute Gasteiger partial charge is 0.0933 e. The van der Waals surface area contributed by atoms with Gasteiger partial charge >= 0.3 is 0 Å². The Morgan fingerprint density at radius 3 is 3.14 bits per heavy atom. The number of fused-ring (bicyclic) bond motifs is 1. The maximum Gasteiger partial charge on any atom is 0.0933 e. The summed E-state index contributed by atoms with van der Waals surface area (Å²) in [6.07, 6.45) is 0.324. The van der Waals surface area contributed by atoms with Crippen molar-refractivity contribution in [1.29, 1.82) is 0 Å². The van der Waals surface area contributed by atoms with Crippen LogP contribution in [0.5, 0.6) is 0 Å². The van der Waals surface area contributed by atoms with Crippen LogP contribution in [-0.4, -0.2) is 23.2 Å². The molecule has 0 aromatic carbocycles. The molecule has 0 saturated heterocycles. The van der Waals surface area contributed by atoms with Crippen molar-refractivity contribution in [3.63, 3.8) is 0 Å². The first-order valence-electron chi connectivity index (χ1n) is 4.90. The number of rotatable bonds is 2. The van der Waals surface area contributed by atoms with Gasteiger partial charge in [-0.25, -0.2) is 0 Å². The molecule has 0 bridgehead atoms. The van der Waals surface area contributed by atoms with Gasteiger partial charge in [-0.1, -0.05) is 0 Å². The molecule has 0 fully saturated rings. The fraction of sp³-hybridized carbons (Fsp3) is 0.600. The topological polar surface area (TPSA) is 71.3 Å². The van der Waals surface area contributed by atoms with E-state index in [1.807, 2.05) is 6.92 Å². The molecular formula is C10H16N2O2. The van der Waals surface area contributed by atoms with Crippen LogP contribution in [0.1, 0.15) is 28.6 Å². The second kappa shape index (κ2) is 3.73. The first-order valence-corrected chi connectivity index (χ1v) is 4.90. The van der Waals surface area contributed by atoms with Gasteiger partial charge in [0.2, 0.25) is 0 Å². The quantitative estimate of drug-likeness (QED) is 0.640. The van der Waals surface area contributed by atoms with Gasteiger partial charge in [-0.3, -0.25) is 0 Å². The van der Waals surface area contributed by atoms with Crippen LogP contribution in [0.15, 0.2) is 0 Å². The molecule has 1 aromatic heterocycles. The number of aryl methyl sites for hydroxylation is 1. The predicted octanol–water partition coefficient (Wildman–Crippen LogP) is 0.388. The molecule has 4 heteroatoms. The van der Waals surface area contributed by atoms with Gasteiger partial charge < -0.3 is 20.6 Å². The lowest BCUT2D eigenvalue weighted by molar-refractivity contribution is 0.106. The molecule has 4 N–H and O–H groups in total. The Morgan fingerprint density at radius 1 is 1.64 bits per heavy atom. The van der Waals surface area contributed by atoms with E-state index in [9.17, 15) is 5.11 Å². The van der Waals surface area contributed by atoms with E-state index in [2.05, 4.69) is 4.98 Å². The maximum atomic E-state index is 9.75. The molecule has 0 aliphatic carbocycles. The van der Waals surface area contributed by atoms with Crippen molar-refractivity contribution in [2.75, 3.05) is 13.2 Å². The summed E-state index contributed by atoms with van der Waals surface area (Å²) in [6, 6.07) is 0. The molecule has 2 rings (SSSR count). The van der Waals surface area contributed by atoms with E-state index in [4.69, 9.17) is 10.5 Å². The van der Waals surface area contributed by atoms with E-state index in [0.29, 0.717) is 6.61 Å². The monoisotopic (exact) mass is 196 g/mol. The average Bonchev–Trinajstić information content (AvgIpc) is 2.53. The number of hydrogen-bond acceptors (Lipinski definition) is 3. The standard InChI is InChI=1S/C10H16N2O2/c1-6-10(9(13)4-11)7-5-14-3-2-8(7)12-6/h9,12-13H,2-5,11H2,1H3. The highest BCUT2D eigenvalue weighted by Gasteiger charge is 2.22. The molecule has 0 amide bonds. The van der Waals surface area contributed by atoms with E-state index in [1.165, 1.54) is 5.69 Å². The number of aliphatic hydroxyl groups is 1. The Hall–Kier alpha value is -0.840. The van der Waals surface area contributed by atoms with Gasteiger partial charge in [0, 0.05) is 35.5 Å². The third-order valence-electron chi connectivity index (χ3n) is 2.73. The zero-order chi connectivity index (χ0) is 10.1. The molecule has 14 heavy (non-hydrogen) atoms. The van der Waals surface area contributed by atoms with Gasteiger partial charge in [0.15, 0.2) is 0 Å². The van der Waals surface area contributed by atoms with Gasteiger partial charge in [0.05, 0.1) is 19.3 Å². The summed E-state index contributed by atoms with van der Waals surface area (Å²) >= 11 is 0. The molecule has 1 aliphatic heterocycles. The molecule has 0 spiro atoms. The van der Waals surface area contributed by atoms with Crippen LogP contribution in [0.25, 0.3) is 0 Å². The third-order valence-corrected chi connectivity index (χ3v) is 2.73. The molecule has 1 aliphatic rings. The lowest BCUT2D eigenvalue weighted by Crippen LogP contribution is -2.16. The average molecular weight is 196 g/mol. The number of hydrogen-bond donors (Lipinski definition) is 3. The SMILES string of the molecule is Cc1[nH]c2c(c1C(O)CN)COCC2. The predicted molar refractivity (Wildman–Crippen MR) is 52.9 cm³/mol. The summed E-state index contributed by atoms with van der Waals surface area (Å²) in [5.74, 6) is 0. The lowest BCUT2D eigenvalue weighted by atomic mass is 10.0. The van der Waals surface area contributed by atoms with Crippen LogP contribution in [0, 0.1) is 6.92 Å². The Morgan fingerprint density at radius 2 is 2.43 bits per heavy atom. The first kappa shape index (κ1) is 9.71. The maximum absolute atomic E-state index is 9.75. The Bertz CT molecular complexity index is 333. The highest BCUT2D eigenvalue weighted by atomic mass is 16.5. The second-order valence-electron chi connectivity index (χ2n) is 3.67. The normalized spacial score (nSPS) is 17.9. The van der Waals surface area contributed by atoms with Crippen LogP contribution in [0.4, 0.5) is 0 Å². The lowest BCUT2D eigenvalue weighted by Gasteiger charge is -2.16. The number of aromatic nitrogens is 1. The van der Waals surface area contributed by atoms with Gasteiger partial charge in [0.25, 0.3) is 0 Å². The zero-order valence-corrected chi connectivity index (χ0v) is 8.34. The molecular weight excluding hydrogens is 180 g/mol. The third kappa shape index (κ3) is 1.45. The summed E-state index contributed by atoms with van der Waals surface area (Å²) < 4.78 is 5.37. The van der Waals surface area contributed by atoms with Crippen molar-refractivity contribution in [3.8, 4) is 0 Å². The largest absolute Gasteiger partial charge is 0.387 e. The minimum atomic E-state index is -0.573. The van der Waals surface area contributed by atoms with E-state index in [-0.39, 0.29) is 6.54 Å². The van der Waals surface area contributed by atoms with Gasteiger partial charge in [-0.05, 0) is 6.92 Å². The van der Waals surface area contributed by atoms with Crippen LogP contribution < -0.4 is 5.73 Å². The summed E-state index contributed by atoms with van der Waals surface area (Å²) in [6.45, 7) is 3.56. The van der Waals surface area contributed by atoms with Crippen LogP contribution in [-0.2, 0) is 17.8 Å². The molecule has 0 saturated carbocycles. The number of H-pyrrole nitrogens is 1. The molecule has 0 radical (unpaired) electrons. The van der Waals surface area contributed by atoms with E-state index in [1.54, 1.807) is 0 Å².